The fourth-order valence-electron chi connectivity index (χ4n) is 1.04. The number of aromatic nitrogens is 1. The molecule has 0 N–H and O–H groups in total. The van der Waals surface area contributed by atoms with Gasteiger partial charge in [-0.15, -0.1) is 11.3 Å². The summed E-state index contributed by atoms with van der Waals surface area (Å²) in [7, 11) is 1.73. The molecule has 16 heavy (non-hydrogen) atoms. The highest BCUT2D eigenvalue weighted by molar-refractivity contribution is 8.01. The lowest BCUT2D eigenvalue weighted by Gasteiger charge is -2.14. The van der Waals surface area contributed by atoms with Crippen LogP contribution in [0, 0.1) is 11.3 Å². The summed E-state index contributed by atoms with van der Waals surface area (Å²) >= 11 is 3.17. The van der Waals surface area contributed by atoms with Crippen LogP contribution in [0.4, 0.5) is 0 Å². The summed E-state index contributed by atoms with van der Waals surface area (Å²) in [5.41, 5.74) is 0. The van der Waals surface area contributed by atoms with Gasteiger partial charge in [0.1, 0.15) is 4.34 Å². The summed E-state index contributed by atoms with van der Waals surface area (Å²) in [6, 6.07) is 2.02. The molecule has 0 unspecified atom stereocenters. The standard InChI is InChI=1S/C10H13N3OS2/c1-13(6-2-4-11)9(14)3-7-15-10-12-5-8-16-10/h5,8H,2-3,6-7H2,1H3. The lowest BCUT2D eigenvalue weighted by molar-refractivity contribution is -0.129. The van der Waals surface area contributed by atoms with Gasteiger partial charge in [-0.2, -0.15) is 5.26 Å². The molecule has 0 saturated carbocycles. The lowest BCUT2D eigenvalue weighted by Crippen LogP contribution is -2.27. The quantitative estimate of drug-likeness (QED) is 0.729. The van der Waals surface area contributed by atoms with Crippen LogP contribution in [0.2, 0.25) is 0 Å². The van der Waals surface area contributed by atoms with Crippen molar-refractivity contribution in [1.82, 2.24) is 9.88 Å². The Labute approximate surface area is 103 Å². The van der Waals surface area contributed by atoms with Crippen molar-refractivity contribution in [2.75, 3.05) is 19.3 Å². The first-order valence-electron chi connectivity index (χ1n) is 4.87. The average Bonchev–Trinajstić information content (AvgIpc) is 2.78. The second-order valence-corrected chi connectivity index (χ2v) is 5.36. The fraction of sp³-hybridized carbons (Fsp3) is 0.500. The van der Waals surface area contributed by atoms with E-state index in [2.05, 4.69) is 4.98 Å². The fourth-order valence-corrected chi connectivity index (χ4v) is 2.68. The van der Waals surface area contributed by atoms with Crippen molar-refractivity contribution >= 4 is 29.0 Å². The minimum atomic E-state index is 0.0827. The molecular formula is C10H13N3OS2. The van der Waals surface area contributed by atoms with Crippen LogP contribution in [0.1, 0.15) is 12.8 Å². The van der Waals surface area contributed by atoms with Crippen LogP contribution >= 0.6 is 23.1 Å². The van der Waals surface area contributed by atoms with E-state index in [0.717, 1.165) is 10.1 Å². The second-order valence-electron chi connectivity index (χ2n) is 3.12. The Balaban J connectivity index is 2.17. The number of carbonyl (C=O) groups is 1. The van der Waals surface area contributed by atoms with Crippen molar-refractivity contribution in [1.29, 1.82) is 5.26 Å². The first-order chi connectivity index (χ1) is 7.74. The summed E-state index contributed by atoms with van der Waals surface area (Å²) < 4.78 is 0.993. The van der Waals surface area contributed by atoms with Gasteiger partial charge in [-0.25, -0.2) is 4.98 Å². The highest BCUT2D eigenvalue weighted by atomic mass is 32.2. The van der Waals surface area contributed by atoms with E-state index in [9.17, 15) is 4.79 Å². The van der Waals surface area contributed by atoms with Gasteiger partial charge in [0, 0.05) is 37.3 Å². The highest BCUT2D eigenvalue weighted by Crippen LogP contribution is 2.20. The molecule has 0 spiro atoms. The zero-order valence-corrected chi connectivity index (χ0v) is 10.7. The number of carbonyl (C=O) groups excluding carboxylic acids is 1. The lowest BCUT2D eigenvalue weighted by atomic mass is 10.3. The second kappa shape index (κ2) is 7.25. The summed E-state index contributed by atoms with van der Waals surface area (Å²) in [4.78, 5) is 17.3. The molecule has 1 amide bonds. The molecule has 4 nitrogen and oxygen atoms in total. The monoisotopic (exact) mass is 255 g/mol. The molecule has 6 heteroatoms. The molecule has 0 aliphatic carbocycles. The smallest absolute Gasteiger partial charge is 0.223 e. The van der Waals surface area contributed by atoms with Gasteiger partial charge in [-0.3, -0.25) is 4.79 Å². The molecule has 0 aromatic carbocycles. The van der Waals surface area contributed by atoms with E-state index in [1.807, 2.05) is 11.4 Å². The Hall–Kier alpha value is -1.06. The van der Waals surface area contributed by atoms with Gasteiger partial charge < -0.3 is 4.90 Å². The molecular weight excluding hydrogens is 242 g/mol. The van der Waals surface area contributed by atoms with E-state index in [4.69, 9.17) is 5.26 Å². The molecule has 0 fully saturated rings. The van der Waals surface area contributed by atoms with Crippen molar-refractivity contribution < 1.29 is 4.79 Å². The van der Waals surface area contributed by atoms with E-state index < -0.39 is 0 Å². The number of thiazole rings is 1. The predicted molar refractivity (Wildman–Crippen MR) is 65.3 cm³/mol. The Kier molecular flexibility index (Phi) is 5.90. The summed E-state index contributed by atoms with van der Waals surface area (Å²) in [6.45, 7) is 0.511. The van der Waals surface area contributed by atoms with Crippen LogP contribution < -0.4 is 0 Å². The molecule has 0 aliphatic heterocycles. The van der Waals surface area contributed by atoms with E-state index in [0.29, 0.717) is 19.4 Å². The molecule has 0 atom stereocenters. The number of amides is 1. The van der Waals surface area contributed by atoms with Crippen molar-refractivity contribution in [2.45, 2.75) is 17.2 Å². The maximum atomic E-state index is 11.6. The zero-order valence-electron chi connectivity index (χ0n) is 9.05. The minimum absolute atomic E-state index is 0.0827. The number of nitriles is 1. The van der Waals surface area contributed by atoms with Crippen LogP contribution in [0.15, 0.2) is 15.9 Å². The topological polar surface area (TPSA) is 57.0 Å². The van der Waals surface area contributed by atoms with E-state index >= 15 is 0 Å². The SMILES string of the molecule is CN(CCC#N)C(=O)CCSc1nccs1. The molecule has 86 valence electrons. The summed E-state index contributed by atoms with van der Waals surface area (Å²) in [5.74, 6) is 0.822. The Morgan fingerprint density at radius 2 is 2.56 bits per heavy atom. The molecule has 1 heterocycles. The first kappa shape index (κ1) is 13.0. The van der Waals surface area contributed by atoms with E-state index in [1.165, 1.54) is 0 Å². The van der Waals surface area contributed by atoms with Crippen LogP contribution in [0.3, 0.4) is 0 Å². The van der Waals surface area contributed by atoms with Gasteiger partial charge in [0.2, 0.25) is 5.91 Å². The van der Waals surface area contributed by atoms with Gasteiger partial charge >= 0.3 is 0 Å². The van der Waals surface area contributed by atoms with Crippen LogP contribution in [0.5, 0.6) is 0 Å². The largest absolute Gasteiger partial charge is 0.345 e. The maximum absolute atomic E-state index is 11.6. The molecule has 0 aliphatic rings. The normalized spacial score (nSPS) is 9.75. The summed E-state index contributed by atoms with van der Waals surface area (Å²) in [5, 5.41) is 10.3. The minimum Gasteiger partial charge on any atom is -0.345 e. The summed E-state index contributed by atoms with van der Waals surface area (Å²) in [6.07, 6.45) is 2.64. The molecule has 0 bridgehead atoms. The Bertz CT molecular complexity index is 359. The third-order valence-electron chi connectivity index (χ3n) is 1.94. The molecule has 1 rings (SSSR count). The molecule has 1 aromatic rings. The highest BCUT2D eigenvalue weighted by Gasteiger charge is 2.08. The van der Waals surface area contributed by atoms with Crippen LogP contribution in [-0.4, -0.2) is 35.1 Å². The van der Waals surface area contributed by atoms with Gasteiger partial charge in [-0.05, 0) is 0 Å². The van der Waals surface area contributed by atoms with E-state index in [1.54, 1.807) is 41.2 Å². The Morgan fingerprint density at radius 3 is 3.19 bits per heavy atom. The van der Waals surface area contributed by atoms with E-state index in [-0.39, 0.29) is 5.91 Å². The molecule has 1 aromatic heterocycles. The zero-order chi connectivity index (χ0) is 11.8. The third-order valence-corrected chi connectivity index (χ3v) is 3.90. The van der Waals surface area contributed by atoms with Gasteiger partial charge in [0.25, 0.3) is 0 Å². The van der Waals surface area contributed by atoms with Crippen molar-refractivity contribution in [2.24, 2.45) is 0 Å². The predicted octanol–water partition coefficient (Wildman–Crippen LogP) is 2.00. The van der Waals surface area contributed by atoms with Crippen molar-refractivity contribution in [3.05, 3.63) is 11.6 Å². The first-order valence-corrected chi connectivity index (χ1v) is 6.73. The number of nitrogens with zero attached hydrogens (tertiary/aromatic N) is 3. The van der Waals surface area contributed by atoms with Gasteiger partial charge in [-0.1, -0.05) is 11.8 Å². The maximum Gasteiger partial charge on any atom is 0.223 e. The van der Waals surface area contributed by atoms with Crippen molar-refractivity contribution in [3.63, 3.8) is 0 Å². The van der Waals surface area contributed by atoms with Crippen LogP contribution in [-0.2, 0) is 4.79 Å². The van der Waals surface area contributed by atoms with Crippen LogP contribution in [0.25, 0.3) is 0 Å². The average molecular weight is 255 g/mol. The number of thioether (sulfide) groups is 1. The van der Waals surface area contributed by atoms with Gasteiger partial charge in [0.05, 0.1) is 12.5 Å². The molecule has 0 radical (unpaired) electrons. The number of hydrogen-bond acceptors (Lipinski definition) is 5. The number of rotatable bonds is 6. The van der Waals surface area contributed by atoms with Crippen molar-refractivity contribution in [3.8, 4) is 6.07 Å². The third kappa shape index (κ3) is 4.64. The van der Waals surface area contributed by atoms with Gasteiger partial charge in [0.15, 0.2) is 0 Å². The molecule has 0 saturated heterocycles. The Morgan fingerprint density at radius 1 is 1.75 bits per heavy atom. The number of hydrogen-bond donors (Lipinski definition) is 0.